The molecule has 1 amide bonds. The second-order valence-corrected chi connectivity index (χ2v) is 4.75. The van der Waals surface area contributed by atoms with Gasteiger partial charge in [-0.15, -0.1) is 0 Å². The fourth-order valence-electron chi connectivity index (χ4n) is 2.11. The number of rotatable bonds is 5. The van der Waals surface area contributed by atoms with E-state index < -0.39 is 5.54 Å². The summed E-state index contributed by atoms with van der Waals surface area (Å²) in [5.41, 5.74) is 5.49. The van der Waals surface area contributed by atoms with Crippen molar-refractivity contribution in [1.29, 1.82) is 0 Å². The van der Waals surface area contributed by atoms with Gasteiger partial charge in [0.2, 0.25) is 5.91 Å². The first-order valence-corrected chi connectivity index (χ1v) is 6.26. The predicted molar refractivity (Wildman–Crippen MR) is 64.1 cm³/mol. The van der Waals surface area contributed by atoms with Crippen LogP contribution in [0.3, 0.4) is 0 Å². The highest BCUT2D eigenvalue weighted by atomic mass is 16.5. The smallest absolute Gasteiger partial charge is 0.240 e. The molecule has 1 saturated carbocycles. The third-order valence-corrected chi connectivity index (χ3v) is 3.15. The van der Waals surface area contributed by atoms with Gasteiger partial charge in [0.05, 0.1) is 12.1 Å². The molecule has 0 heterocycles. The molecular formula is C12H24N2O2. The minimum atomic E-state index is -0.640. The molecule has 1 atom stereocenters. The van der Waals surface area contributed by atoms with Crippen LogP contribution >= 0.6 is 0 Å². The Morgan fingerprint density at radius 1 is 1.44 bits per heavy atom. The van der Waals surface area contributed by atoms with Crippen molar-refractivity contribution in [3.8, 4) is 0 Å². The standard InChI is InChI=1S/C12H24N2O2/c1-3-16-9-10(2)14-11(15)12(13)7-5-4-6-8-12/h10H,3-9,13H2,1-2H3,(H,14,15). The number of carbonyl (C=O) groups is 1. The van der Waals surface area contributed by atoms with Gasteiger partial charge in [0.25, 0.3) is 0 Å². The van der Waals surface area contributed by atoms with E-state index in [0.717, 1.165) is 25.7 Å². The van der Waals surface area contributed by atoms with Crippen molar-refractivity contribution in [2.24, 2.45) is 5.73 Å². The van der Waals surface area contributed by atoms with E-state index in [0.29, 0.717) is 13.2 Å². The predicted octanol–water partition coefficient (Wildman–Crippen LogP) is 1.19. The van der Waals surface area contributed by atoms with Crippen LogP contribution in [0, 0.1) is 0 Å². The molecule has 1 fully saturated rings. The largest absolute Gasteiger partial charge is 0.380 e. The van der Waals surface area contributed by atoms with E-state index in [4.69, 9.17) is 10.5 Å². The number of hydrogen-bond donors (Lipinski definition) is 2. The molecule has 4 nitrogen and oxygen atoms in total. The molecule has 1 aliphatic rings. The summed E-state index contributed by atoms with van der Waals surface area (Å²) in [6.07, 6.45) is 4.93. The first kappa shape index (κ1) is 13.5. The van der Waals surface area contributed by atoms with Crippen LogP contribution in [0.15, 0.2) is 0 Å². The Labute approximate surface area is 97.9 Å². The summed E-state index contributed by atoms with van der Waals surface area (Å²) in [6, 6.07) is 0.0369. The fraction of sp³-hybridized carbons (Fsp3) is 0.917. The number of carbonyl (C=O) groups excluding carboxylic acids is 1. The molecule has 0 bridgehead atoms. The second-order valence-electron chi connectivity index (χ2n) is 4.75. The van der Waals surface area contributed by atoms with Crippen LogP contribution in [-0.4, -0.2) is 30.7 Å². The second kappa shape index (κ2) is 6.21. The van der Waals surface area contributed by atoms with Crippen molar-refractivity contribution < 1.29 is 9.53 Å². The molecule has 3 N–H and O–H groups in total. The van der Waals surface area contributed by atoms with Gasteiger partial charge in [0.15, 0.2) is 0 Å². The molecule has 1 unspecified atom stereocenters. The Kier molecular flexibility index (Phi) is 5.22. The van der Waals surface area contributed by atoms with Gasteiger partial charge in [-0.3, -0.25) is 4.79 Å². The van der Waals surface area contributed by atoms with Gasteiger partial charge in [-0.2, -0.15) is 0 Å². The van der Waals surface area contributed by atoms with Crippen molar-refractivity contribution in [2.75, 3.05) is 13.2 Å². The quantitative estimate of drug-likeness (QED) is 0.743. The maximum Gasteiger partial charge on any atom is 0.240 e. The number of amides is 1. The average Bonchev–Trinajstić information content (AvgIpc) is 2.27. The Hall–Kier alpha value is -0.610. The molecule has 16 heavy (non-hydrogen) atoms. The van der Waals surface area contributed by atoms with Crippen LogP contribution in [-0.2, 0) is 9.53 Å². The lowest BCUT2D eigenvalue weighted by Gasteiger charge is -2.32. The molecule has 0 aliphatic heterocycles. The Morgan fingerprint density at radius 2 is 2.06 bits per heavy atom. The normalized spacial score (nSPS) is 21.4. The zero-order chi connectivity index (χ0) is 12.0. The third kappa shape index (κ3) is 3.76. The van der Waals surface area contributed by atoms with Crippen LogP contribution in [0.1, 0.15) is 46.0 Å². The SMILES string of the molecule is CCOCC(C)NC(=O)C1(N)CCCCC1. The molecule has 0 radical (unpaired) electrons. The number of hydrogen-bond acceptors (Lipinski definition) is 3. The van der Waals surface area contributed by atoms with Gasteiger partial charge in [-0.05, 0) is 26.7 Å². The summed E-state index contributed by atoms with van der Waals surface area (Å²) >= 11 is 0. The lowest BCUT2D eigenvalue weighted by Crippen LogP contribution is -2.57. The van der Waals surface area contributed by atoms with E-state index >= 15 is 0 Å². The summed E-state index contributed by atoms with van der Waals surface area (Å²) in [4.78, 5) is 12.0. The molecule has 0 saturated heterocycles. The maximum atomic E-state index is 12.0. The summed E-state index contributed by atoms with van der Waals surface area (Å²) in [7, 11) is 0. The van der Waals surface area contributed by atoms with Crippen LogP contribution < -0.4 is 11.1 Å². The van der Waals surface area contributed by atoms with Crippen LogP contribution in [0.4, 0.5) is 0 Å². The van der Waals surface area contributed by atoms with Gasteiger partial charge in [0, 0.05) is 12.6 Å². The third-order valence-electron chi connectivity index (χ3n) is 3.15. The van der Waals surface area contributed by atoms with Crippen LogP contribution in [0.5, 0.6) is 0 Å². The molecule has 0 aromatic rings. The van der Waals surface area contributed by atoms with Gasteiger partial charge < -0.3 is 15.8 Å². The molecule has 1 aliphatic carbocycles. The average molecular weight is 228 g/mol. The Balaban J connectivity index is 2.38. The number of nitrogens with one attached hydrogen (secondary N) is 1. The first-order valence-electron chi connectivity index (χ1n) is 6.26. The zero-order valence-corrected chi connectivity index (χ0v) is 10.4. The van der Waals surface area contributed by atoms with Crippen LogP contribution in [0.25, 0.3) is 0 Å². The van der Waals surface area contributed by atoms with Gasteiger partial charge in [-0.25, -0.2) is 0 Å². The van der Waals surface area contributed by atoms with Gasteiger partial charge >= 0.3 is 0 Å². The van der Waals surface area contributed by atoms with E-state index in [9.17, 15) is 4.79 Å². The van der Waals surface area contributed by atoms with E-state index in [1.807, 2.05) is 13.8 Å². The Bertz CT molecular complexity index is 225. The highest BCUT2D eigenvalue weighted by Crippen LogP contribution is 2.25. The van der Waals surface area contributed by atoms with Crippen molar-refractivity contribution in [1.82, 2.24) is 5.32 Å². The molecule has 1 rings (SSSR count). The minimum Gasteiger partial charge on any atom is -0.380 e. The summed E-state index contributed by atoms with van der Waals surface area (Å²) < 4.78 is 5.26. The monoisotopic (exact) mass is 228 g/mol. The lowest BCUT2D eigenvalue weighted by molar-refractivity contribution is -0.128. The van der Waals surface area contributed by atoms with Gasteiger partial charge in [-0.1, -0.05) is 19.3 Å². The van der Waals surface area contributed by atoms with E-state index in [1.54, 1.807) is 0 Å². The van der Waals surface area contributed by atoms with E-state index in [1.165, 1.54) is 6.42 Å². The maximum absolute atomic E-state index is 12.0. The molecule has 4 heteroatoms. The van der Waals surface area contributed by atoms with Crippen molar-refractivity contribution in [3.63, 3.8) is 0 Å². The summed E-state index contributed by atoms with van der Waals surface area (Å²) in [5.74, 6) is -0.0144. The molecule has 0 spiro atoms. The lowest BCUT2D eigenvalue weighted by atomic mass is 9.82. The summed E-state index contributed by atoms with van der Waals surface area (Å²) in [5, 5.41) is 2.94. The highest BCUT2D eigenvalue weighted by Gasteiger charge is 2.35. The van der Waals surface area contributed by atoms with Gasteiger partial charge in [0.1, 0.15) is 0 Å². The first-order chi connectivity index (χ1) is 7.58. The fourth-order valence-corrected chi connectivity index (χ4v) is 2.11. The minimum absolute atomic E-state index is 0.0144. The molecular weight excluding hydrogens is 204 g/mol. The highest BCUT2D eigenvalue weighted by molar-refractivity contribution is 5.86. The van der Waals surface area contributed by atoms with Crippen molar-refractivity contribution in [3.05, 3.63) is 0 Å². The topological polar surface area (TPSA) is 64.3 Å². The number of nitrogens with two attached hydrogens (primary N) is 1. The van der Waals surface area contributed by atoms with E-state index in [-0.39, 0.29) is 11.9 Å². The van der Waals surface area contributed by atoms with Crippen molar-refractivity contribution in [2.45, 2.75) is 57.5 Å². The van der Waals surface area contributed by atoms with Crippen LogP contribution in [0.2, 0.25) is 0 Å². The molecule has 94 valence electrons. The summed E-state index contributed by atoms with van der Waals surface area (Å²) in [6.45, 7) is 5.12. The van der Waals surface area contributed by atoms with Crippen molar-refractivity contribution >= 4 is 5.91 Å². The number of ether oxygens (including phenoxy) is 1. The van der Waals surface area contributed by atoms with E-state index in [2.05, 4.69) is 5.32 Å². The molecule has 0 aromatic carbocycles. The Morgan fingerprint density at radius 3 is 2.62 bits per heavy atom. The zero-order valence-electron chi connectivity index (χ0n) is 10.4. The molecule has 0 aromatic heterocycles.